The molecule has 0 atom stereocenters. The van der Waals surface area contributed by atoms with E-state index >= 15 is 0 Å². The van der Waals surface area contributed by atoms with Gasteiger partial charge in [-0.25, -0.2) is 4.39 Å². The maximum Gasteiger partial charge on any atom is 0.126 e. The van der Waals surface area contributed by atoms with Gasteiger partial charge in [0.2, 0.25) is 0 Å². The standard InChI is InChI=1S/C9H9FS/c1-6-3-4-8(7(2)11)5-9(6)10/h3-5H,1-2H3. The third-order valence-corrected chi connectivity index (χ3v) is 1.81. The number of thiocarbonyl (C=S) groups is 1. The third-order valence-electron chi connectivity index (χ3n) is 1.58. The van der Waals surface area contributed by atoms with Gasteiger partial charge in [-0.1, -0.05) is 24.4 Å². The molecule has 0 heterocycles. The zero-order valence-corrected chi connectivity index (χ0v) is 7.33. The summed E-state index contributed by atoms with van der Waals surface area (Å²) >= 11 is 4.90. The lowest BCUT2D eigenvalue weighted by Crippen LogP contribution is -1.92. The van der Waals surface area contributed by atoms with Crippen LogP contribution in [0.25, 0.3) is 0 Å². The summed E-state index contributed by atoms with van der Waals surface area (Å²) in [7, 11) is 0. The van der Waals surface area contributed by atoms with Gasteiger partial charge in [-0.05, 0) is 31.0 Å². The van der Waals surface area contributed by atoms with Crippen LogP contribution in [-0.2, 0) is 0 Å². The van der Waals surface area contributed by atoms with Crippen molar-refractivity contribution < 1.29 is 4.39 Å². The average molecular weight is 168 g/mol. The fourth-order valence-electron chi connectivity index (χ4n) is 0.812. The zero-order chi connectivity index (χ0) is 8.43. The van der Waals surface area contributed by atoms with Gasteiger partial charge in [0.15, 0.2) is 0 Å². The summed E-state index contributed by atoms with van der Waals surface area (Å²) in [5, 5.41) is 0. The molecule has 0 aliphatic rings. The summed E-state index contributed by atoms with van der Waals surface area (Å²) in [6.45, 7) is 3.53. The molecular formula is C9H9FS. The summed E-state index contributed by atoms with van der Waals surface area (Å²) in [6.07, 6.45) is 0. The molecule has 0 aromatic heterocycles. The van der Waals surface area contributed by atoms with Crippen molar-refractivity contribution >= 4 is 17.1 Å². The Kier molecular flexibility index (Phi) is 2.35. The summed E-state index contributed by atoms with van der Waals surface area (Å²) in [4.78, 5) is 0.726. The molecule has 58 valence electrons. The molecule has 0 saturated heterocycles. The van der Waals surface area contributed by atoms with Gasteiger partial charge in [-0.2, -0.15) is 0 Å². The predicted molar refractivity (Wildman–Crippen MR) is 48.5 cm³/mol. The van der Waals surface area contributed by atoms with Crippen LogP contribution in [0.4, 0.5) is 4.39 Å². The molecule has 0 fully saturated rings. The highest BCUT2D eigenvalue weighted by Crippen LogP contribution is 2.09. The summed E-state index contributed by atoms with van der Waals surface area (Å²) < 4.78 is 12.9. The molecule has 0 nitrogen and oxygen atoms in total. The molecule has 1 aromatic rings. The lowest BCUT2D eigenvalue weighted by Gasteiger charge is -1.99. The van der Waals surface area contributed by atoms with Crippen LogP contribution < -0.4 is 0 Å². The minimum atomic E-state index is -0.188. The van der Waals surface area contributed by atoms with E-state index in [0.29, 0.717) is 5.56 Å². The molecule has 2 heteroatoms. The first kappa shape index (κ1) is 8.34. The Hall–Kier alpha value is -0.760. The molecule has 1 rings (SSSR count). The molecule has 11 heavy (non-hydrogen) atoms. The second kappa shape index (κ2) is 3.09. The highest BCUT2D eigenvalue weighted by Gasteiger charge is 1.99. The number of hydrogen-bond acceptors (Lipinski definition) is 1. The maximum absolute atomic E-state index is 12.9. The van der Waals surface area contributed by atoms with Gasteiger partial charge in [0.25, 0.3) is 0 Å². The fourth-order valence-corrected chi connectivity index (χ4v) is 0.939. The Balaban J connectivity index is 3.15. The predicted octanol–water partition coefficient (Wildman–Crippen LogP) is 2.87. The Morgan fingerprint density at radius 2 is 2.09 bits per heavy atom. The van der Waals surface area contributed by atoms with Crippen LogP contribution in [0.1, 0.15) is 18.1 Å². The van der Waals surface area contributed by atoms with Crippen LogP contribution in [-0.4, -0.2) is 4.86 Å². The van der Waals surface area contributed by atoms with Crippen LogP contribution in [0.2, 0.25) is 0 Å². The fraction of sp³-hybridized carbons (Fsp3) is 0.222. The molecule has 0 aliphatic carbocycles. The van der Waals surface area contributed by atoms with Crippen molar-refractivity contribution in [3.8, 4) is 0 Å². The van der Waals surface area contributed by atoms with Crippen molar-refractivity contribution in [3.05, 3.63) is 35.1 Å². The van der Waals surface area contributed by atoms with E-state index in [0.717, 1.165) is 10.4 Å². The smallest absolute Gasteiger partial charge is 0.126 e. The lowest BCUT2D eigenvalue weighted by atomic mass is 10.1. The first-order chi connectivity index (χ1) is 5.11. The van der Waals surface area contributed by atoms with Crippen molar-refractivity contribution in [3.63, 3.8) is 0 Å². The van der Waals surface area contributed by atoms with E-state index in [1.807, 2.05) is 6.07 Å². The normalized spacial score (nSPS) is 9.73. The molecule has 1 aromatic carbocycles. The number of halogens is 1. The van der Waals surface area contributed by atoms with Gasteiger partial charge >= 0.3 is 0 Å². The van der Waals surface area contributed by atoms with E-state index in [1.165, 1.54) is 6.07 Å². The summed E-state index contributed by atoms with van der Waals surface area (Å²) in [5.74, 6) is -0.188. The van der Waals surface area contributed by atoms with Gasteiger partial charge in [0.1, 0.15) is 5.82 Å². The molecule has 0 bridgehead atoms. The SMILES string of the molecule is CC(=S)c1ccc(C)c(F)c1. The highest BCUT2D eigenvalue weighted by atomic mass is 32.1. The molecule has 0 saturated carbocycles. The zero-order valence-electron chi connectivity index (χ0n) is 6.52. The van der Waals surface area contributed by atoms with Gasteiger partial charge in [-0.3, -0.25) is 0 Å². The van der Waals surface area contributed by atoms with E-state index in [-0.39, 0.29) is 5.82 Å². The van der Waals surface area contributed by atoms with E-state index in [9.17, 15) is 4.39 Å². The van der Waals surface area contributed by atoms with Gasteiger partial charge in [0, 0.05) is 4.86 Å². The Bertz CT molecular complexity index is 292. The van der Waals surface area contributed by atoms with Crippen molar-refractivity contribution in [1.29, 1.82) is 0 Å². The highest BCUT2D eigenvalue weighted by molar-refractivity contribution is 7.80. The second-order valence-electron chi connectivity index (χ2n) is 2.52. The Morgan fingerprint density at radius 3 is 2.55 bits per heavy atom. The largest absolute Gasteiger partial charge is 0.207 e. The van der Waals surface area contributed by atoms with Gasteiger partial charge < -0.3 is 0 Å². The molecular weight excluding hydrogens is 159 g/mol. The monoisotopic (exact) mass is 168 g/mol. The first-order valence-electron chi connectivity index (χ1n) is 3.38. The Labute approximate surface area is 71.1 Å². The number of hydrogen-bond donors (Lipinski definition) is 0. The van der Waals surface area contributed by atoms with Crippen LogP contribution in [0.15, 0.2) is 18.2 Å². The molecule has 0 radical (unpaired) electrons. The van der Waals surface area contributed by atoms with Crippen molar-refractivity contribution in [2.75, 3.05) is 0 Å². The van der Waals surface area contributed by atoms with Crippen LogP contribution in [0, 0.1) is 12.7 Å². The summed E-state index contributed by atoms with van der Waals surface area (Å²) in [6, 6.07) is 5.04. The van der Waals surface area contributed by atoms with Crippen molar-refractivity contribution in [2.24, 2.45) is 0 Å². The quantitative estimate of drug-likeness (QED) is 0.459. The van der Waals surface area contributed by atoms with E-state index < -0.39 is 0 Å². The van der Waals surface area contributed by atoms with E-state index in [2.05, 4.69) is 0 Å². The Morgan fingerprint density at radius 1 is 1.45 bits per heavy atom. The van der Waals surface area contributed by atoms with Crippen LogP contribution in [0.3, 0.4) is 0 Å². The topological polar surface area (TPSA) is 0 Å². The minimum Gasteiger partial charge on any atom is -0.207 e. The third kappa shape index (κ3) is 1.84. The molecule has 0 N–H and O–H groups in total. The summed E-state index contributed by atoms with van der Waals surface area (Å²) in [5.41, 5.74) is 1.45. The molecule has 0 spiro atoms. The minimum absolute atomic E-state index is 0.188. The average Bonchev–Trinajstić information content (AvgIpc) is 1.94. The number of aryl methyl sites for hydroxylation is 1. The van der Waals surface area contributed by atoms with E-state index in [1.54, 1.807) is 19.9 Å². The van der Waals surface area contributed by atoms with Crippen LogP contribution in [0.5, 0.6) is 0 Å². The molecule has 0 aliphatic heterocycles. The number of benzene rings is 1. The second-order valence-corrected chi connectivity index (χ2v) is 3.13. The van der Waals surface area contributed by atoms with Crippen molar-refractivity contribution in [2.45, 2.75) is 13.8 Å². The van der Waals surface area contributed by atoms with Crippen LogP contribution >= 0.6 is 12.2 Å². The van der Waals surface area contributed by atoms with E-state index in [4.69, 9.17) is 12.2 Å². The van der Waals surface area contributed by atoms with Crippen molar-refractivity contribution in [1.82, 2.24) is 0 Å². The molecule has 0 unspecified atom stereocenters. The maximum atomic E-state index is 12.9. The number of rotatable bonds is 1. The van der Waals surface area contributed by atoms with Gasteiger partial charge in [-0.15, -0.1) is 0 Å². The molecule has 0 amide bonds. The van der Waals surface area contributed by atoms with Gasteiger partial charge in [0.05, 0.1) is 0 Å². The lowest BCUT2D eigenvalue weighted by molar-refractivity contribution is 0.618. The first-order valence-corrected chi connectivity index (χ1v) is 3.79.